The SMILES string of the molecule is COC(=O)c1cc2cc3c(OC)c(OC)c(OC)cc3nc2s1. The van der Waals surface area contributed by atoms with Gasteiger partial charge in [-0.05, 0) is 12.1 Å². The highest BCUT2D eigenvalue weighted by Gasteiger charge is 2.19. The van der Waals surface area contributed by atoms with E-state index in [0.717, 1.165) is 15.6 Å². The molecule has 0 bridgehead atoms. The van der Waals surface area contributed by atoms with Crippen LogP contribution in [0.3, 0.4) is 0 Å². The molecule has 0 atom stereocenters. The second-order valence-corrected chi connectivity index (χ2v) is 5.73. The number of carbonyl (C=O) groups is 1. The molecule has 2 aromatic heterocycles. The van der Waals surface area contributed by atoms with E-state index in [1.54, 1.807) is 33.5 Å². The number of ether oxygens (including phenoxy) is 4. The number of pyridine rings is 1. The van der Waals surface area contributed by atoms with Crippen LogP contribution in [0.1, 0.15) is 9.67 Å². The van der Waals surface area contributed by atoms with E-state index in [1.165, 1.54) is 18.4 Å². The van der Waals surface area contributed by atoms with Gasteiger partial charge in [-0.1, -0.05) is 0 Å². The van der Waals surface area contributed by atoms with Gasteiger partial charge in [-0.15, -0.1) is 11.3 Å². The van der Waals surface area contributed by atoms with Crippen LogP contribution in [0.25, 0.3) is 21.1 Å². The van der Waals surface area contributed by atoms with Crippen LogP contribution in [0.15, 0.2) is 18.2 Å². The van der Waals surface area contributed by atoms with Crippen molar-refractivity contribution in [3.63, 3.8) is 0 Å². The molecule has 0 saturated carbocycles. The summed E-state index contributed by atoms with van der Waals surface area (Å²) in [6, 6.07) is 5.46. The van der Waals surface area contributed by atoms with E-state index in [0.29, 0.717) is 27.6 Å². The van der Waals surface area contributed by atoms with Crippen LogP contribution in [-0.2, 0) is 4.74 Å². The molecule has 0 radical (unpaired) electrons. The summed E-state index contributed by atoms with van der Waals surface area (Å²) in [6.45, 7) is 0. The van der Waals surface area contributed by atoms with Gasteiger partial charge >= 0.3 is 5.97 Å². The summed E-state index contributed by atoms with van der Waals surface area (Å²) in [5, 5.41) is 1.63. The maximum Gasteiger partial charge on any atom is 0.348 e. The van der Waals surface area contributed by atoms with Crippen LogP contribution < -0.4 is 14.2 Å². The van der Waals surface area contributed by atoms with Crippen molar-refractivity contribution in [1.82, 2.24) is 4.98 Å². The van der Waals surface area contributed by atoms with Crippen molar-refractivity contribution >= 4 is 38.4 Å². The van der Waals surface area contributed by atoms with Gasteiger partial charge in [0.05, 0.1) is 34.0 Å². The predicted octanol–water partition coefficient (Wildman–Crippen LogP) is 3.26. The topological polar surface area (TPSA) is 66.9 Å². The quantitative estimate of drug-likeness (QED) is 0.683. The molecular formula is C16H15NO5S. The lowest BCUT2D eigenvalue weighted by Crippen LogP contribution is -1.96. The normalized spacial score (nSPS) is 10.8. The second kappa shape index (κ2) is 5.92. The number of nitrogens with zero attached hydrogens (tertiary/aromatic N) is 1. The Morgan fingerprint density at radius 1 is 1.00 bits per heavy atom. The standard InChI is InChI=1S/C16H15NO5S/c1-19-11-7-10-9(13(20-2)14(11)21-3)5-8-6-12(16(18)22-4)23-15(8)17-10/h5-7H,1-4H3. The molecule has 0 amide bonds. The third kappa shape index (κ3) is 2.43. The molecular weight excluding hydrogens is 318 g/mol. The van der Waals surface area contributed by atoms with E-state index in [1.807, 2.05) is 6.07 Å². The Hall–Kier alpha value is -2.54. The van der Waals surface area contributed by atoms with Crippen LogP contribution >= 0.6 is 11.3 Å². The van der Waals surface area contributed by atoms with Crippen molar-refractivity contribution in [2.45, 2.75) is 0 Å². The monoisotopic (exact) mass is 333 g/mol. The first-order valence-electron chi connectivity index (χ1n) is 6.74. The van der Waals surface area contributed by atoms with Crippen molar-refractivity contribution in [3.05, 3.63) is 23.1 Å². The summed E-state index contributed by atoms with van der Waals surface area (Å²) in [5.41, 5.74) is 0.699. The van der Waals surface area contributed by atoms with Gasteiger partial charge in [0.15, 0.2) is 11.5 Å². The van der Waals surface area contributed by atoms with Gasteiger partial charge in [-0.3, -0.25) is 0 Å². The van der Waals surface area contributed by atoms with E-state index in [2.05, 4.69) is 4.98 Å². The molecule has 0 aliphatic heterocycles. The summed E-state index contributed by atoms with van der Waals surface area (Å²) in [6.07, 6.45) is 0. The number of thiophene rings is 1. The van der Waals surface area contributed by atoms with Gasteiger partial charge in [0, 0.05) is 16.8 Å². The zero-order valence-electron chi connectivity index (χ0n) is 13.1. The van der Waals surface area contributed by atoms with Crippen LogP contribution in [-0.4, -0.2) is 39.4 Å². The highest BCUT2D eigenvalue weighted by Crippen LogP contribution is 2.44. The summed E-state index contributed by atoms with van der Waals surface area (Å²) in [5.74, 6) is 1.21. The maximum absolute atomic E-state index is 11.7. The third-order valence-electron chi connectivity index (χ3n) is 3.50. The second-order valence-electron chi connectivity index (χ2n) is 4.70. The van der Waals surface area contributed by atoms with Gasteiger partial charge < -0.3 is 18.9 Å². The average molecular weight is 333 g/mol. The van der Waals surface area contributed by atoms with Gasteiger partial charge in [-0.2, -0.15) is 0 Å². The highest BCUT2D eigenvalue weighted by molar-refractivity contribution is 7.20. The molecule has 0 saturated heterocycles. The highest BCUT2D eigenvalue weighted by atomic mass is 32.1. The third-order valence-corrected chi connectivity index (χ3v) is 4.52. The lowest BCUT2D eigenvalue weighted by molar-refractivity contribution is 0.0606. The first kappa shape index (κ1) is 15.4. The molecule has 1 aromatic carbocycles. The Labute approximate surface area is 136 Å². The number of rotatable bonds is 4. The van der Waals surface area contributed by atoms with Crippen LogP contribution in [0, 0.1) is 0 Å². The van der Waals surface area contributed by atoms with Crippen molar-refractivity contribution in [2.24, 2.45) is 0 Å². The molecule has 3 rings (SSSR count). The Kier molecular flexibility index (Phi) is 3.96. The molecule has 3 aromatic rings. The average Bonchev–Trinajstić information content (AvgIpc) is 2.99. The summed E-state index contributed by atoms with van der Waals surface area (Å²) < 4.78 is 21.0. The van der Waals surface area contributed by atoms with E-state index in [9.17, 15) is 4.79 Å². The fraction of sp³-hybridized carbons (Fsp3) is 0.250. The Morgan fingerprint density at radius 3 is 2.35 bits per heavy atom. The molecule has 0 spiro atoms. The smallest absolute Gasteiger partial charge is 0.348 e. The van der Waals surface area contributed by atoms with Crippen molar-refractivity contribution < 1.29 is 23.7 Å². The molecule has 0 unspecified atom stereocenters. The number of fused-ring (bicyclic) bond motifs is 2. The van der Waals surface area contributed by atoms with E-state index in [-0.39, 0.29) is 5.97 Å². The minimum Gasteiger partial charge on any atom is -0.493 e. The zero-order chi connectivity index (χ0) is 16.6. The fourth-order valence-electron chi connectivity index (χ4n) is 2.45. The molecule has 7 heteroatoms. The minimum atomic E-state index is -0.376. The minimum absolute atomic E-state index is 0.376. The molecule has 0 aliphatic carbocycles. The van der Waals surface area contributed by atoms with Gasteiger partial charge in [-0.25, -0.2) is 9.78 Å². The van der Waals surface area contributed by atoms with E-state index in [4.69, 9.17) is 18.9 Å². The van der Waals surface area contributed by atoms with Crippen LogP contribution in [0.2, 0.25) is 0 Å². The number of esters is 1. The van der Waals surface area contributed by atoms with E-state index >= 15 is 0 Å². The van der Waals surface area contributed by atoms with Gasteiger partial charge in [0.25, 0.3) is 0 Å². The summed E-state index contributed by atoms with van der Waals surface area (Å²) >= 11 is 1.28. The van der Waals surface area contributed by atoms with Gasteiger partial charge in [0.2, 0.25) is 5.75 Å². The lowest BCUT2D eigenvalue weighted by Gasteiger charge is -2.14. The number of methoxy groups -OCH3 is 4. The number of benzene rings is 1. The largest absolute Gasteiger partial charge is 0.493 e. The van der Waals surface area contributed by atoms with Crippen LogP contribution in [0.4, 0.5) is 0 Å². The summed E-state index contributed by atoms with van der Waals surface area (Å²) in [7, 11) is 6.03. The molecule has 6 nitrogen and oxygen atoms in total. The Balaban J connectivity index is 2.33. The first-order valence-corrected chi connectivity index (χ1v) is 7.56. The first-order chi connectivity index (χ1) is 11.1. The number of hydrogen-bond acceptors (Lipinski definition) is 7. The fourth-order valence-corrected chi connectivity index (χ4v) is 3.39. The molecule has 120 valence electrons. The Morgan fingerprint density at radius 2 is 1.74 bits per heavy atom. The maximum atomic E-state index is 11.7. The predicted molar refractivity (Wildman–Crippen MR) is 88.1 cm³/mol. The van der Waals surface area contributed by atoms with Crippen molar-refractivity contribution in [3.8, 4) is 17.2 Å². The Bertz CT molecular complexity index is 902. The molecule has 23 heavy (non-hydrogen) atoms. The number of aromatic nitrogens is 1. The van der Waals surface area contributed by atoms with Crippen molar-refractivity contribution in [1.29, 1.82) is 0 Å². The van der Waals surface area contributed by atoms with Crippen LogP contribution in [0.5, 0.6) is 17.2 Å². The number of carbonyl (C=O) groups excluding carboxylic acids is 1. The molecule has 0 fully saturated rings. The lowest BCUT2D eigenvalue weighted by atomic mass is 10.1. The summed E-state index contributed by atoms with van der Waals surface area (Å²) in [4.78, 5) is 17.5. The van der Waals surface area contributed by atoms with E-state index < -0.39 is 0 Å². The van der Waals surface area contributed by atoms with Crippen molar-refractivity contribution in [2.75, 3.05) is 28.4 Å². The zero-order valence-corrected chi connectivity index (χ0v) is 13.9. The van der Waals surface area contributed by atoms with Gasteiger partial charge in [0.1, 0.15) is 9.71 Å². The molecule has 0 aliphatic rings. The number of hydrogen-bond donors (Lipinski definition) is 0. The molecule has 0 N–H and O–H groups in total. The molecule has 2 heterocycles.